The predicted octanol–water partition coefficient (Wildman–Crippen LogP) is 1.02. The van der Waals surface area contributed by atoms with Crippen molar-refractivity contribution in [2.75, 3.05) is 7.11 Å². The Kier molecular flexibility index (Phi) is 3.23. The Bertz CT molecular complexity index is 79.7. The third kappa shape index (κ3) is 1.95. The molecule has 0 aromatic carbocycles. The van der Waals surface area contributed by atoms with Crippen LogP contribution in [0.25, 0.3) is 0 Å². The van der Waals surface area contributed by atoms with Gasteiger partial charge in [0.25, 0.3) is 0 Å². The van der Waals surface area contributed by atoms with Crippen molar-refractivity contribution in [3.8, 4) is 0 Å². The fourth-order valence-corrected chi connectivity index (χ4v) is 0.225. The van der Waals surface area contributed by atoms with Gasteiger partial charge in [-0.05, 0) is 6.92 Å². The molecule has 8 heavy (non-hydrogen) atoms. The van der Waals surface area contributed by atoms with E-state index in [2.05, 4.69) is 16.2 Å². The van der Waals surface area contributed by atoms with Gasteiger partial charge in [-0.2, -0.15) is 0 Å². The topological polar surface area (TPSA) is 38.7 Å². The van der Waals surface area contributed by atoms with E-state index >= 15 is 0 Å². The Morgan fingerprint density at radius 1 is 1.75 bits per heavy atom. The van der Waals surface area contributed by atoms with Crippen molar-refractivity contribution in [1.29, 1.82) is 0 Å². The van der Waals surface area contributed by atoms with Gasteiger partial charge < -0.3 is 4.74 Å². The molecule has 0 fully saturated rings. The summed E-state index contributed by atoms with van der Waals surface area (Å²) in [5.74, 6) is 0.410. The largest absolute Gasteiger partial charge is 0.499 e. The molecule has 0 aliphatic carbocycles. The predicted molar refractivity (Wildman–Crippen MR) is 29.3 cm³/mol. The molecule has 0 aliphatic heterocycles. The number of hydrogen-bond acceptors (Lipinski definition) is 3. The van der Waals surface area contributed by atoms with E-state index in [9.17, 15) is 0 Å². The molecule has 0 saturated carbocycles. The normalized spacial score (nSPS) is 12.9. The van der Waals surface area contributed by atoms with Gasteiger partial charge in [0.1, 0.15) is 11.9 Å². The highest BCUT2D eigenvalue weighted by atomic mass is 17.1. The van der Waals surface area contributed by atoms with Crippen molar-refractivity contribution in [1.82, 2.24) is 0 Å². The van der Waals surface area contributed by atoms with Gasteiger partial charge >= 0.3 is 0 Å². The van der Waals surface area contributed by atoms with Gasteiger partial charge in [0.05, 0.1) is 7.11 Å². The van der Waals surface area contributed by atoms with Gasteiger partial charge in [0.2, 0.25) is 0 Å². The Balaban J connectivity index is 3.46. The van der Waals surface area contributed by atoms with Gasteiger partial charge in [-0.3, -0.25) is 5.26 Å². The Morgan fingerprint density at radius 3 is 2.38 bits per heavy atom. The van der Waals surface area contributed by atoms with Gasteiger partial charge in [-0.1, -0.05) is 6.58 Å². The monoisotopic (exact) mass is 118 g/mol. The lowest BCUT2D eigenvalue weighted by Gasteiger charge is -2.07. The van der Waals surface area contributed by atoms with E-state index in [0.717, 1.165) is 0 Å². The molecule has 0 spiro atoms. The number of hydrogen-bond donors (Lipinski definition) is 1. The molecule has 0 aromatic heterocycles. The van der Waals surface area contributed by atoms with E-state index in [0.29, 0.717) is 5.76 Å². The Morgan fingerprint density at radius 2 is 2.25 bits per heavy atom. The average molecular weight is 118 g/mol. The molecule has 0 rings (SSSR count). The third-order valence-electron chi connectivity index (χ3n) is 0.874. The second kappa shape index (κ2) is 3.46. The van der Waals surface area contributed by atoms with E-state index in [1.807, 2.05) is 0 Å². The lowest BCUT2D eigenvalue weighted by Crippen LogP contribution is -2.08. The minimum atomic E-state index is -0.444. The molecule has 0 saturated heterocycles. The molecule has 1 N–H and O–H groups in total. The zero-order chi connectivity index (χ0) is 6.57. The van der Waals surface area contributed by atoms with Crippen LogP contribution in [0.15, 0.2) is 12.3 Å². The maximum Gasteiger partial charge on any atom is 0.146 e. The molecule has 0 amide bonds. The van der Waals surface area contributed by atoms with Crippen LogP contribution >= 0.6 is 0 Å². The third-order valence-corrected chi connectivity index (χ3v) is 0.874. The average Bonchev–Trinajstić information content (AvgIpc) is 1.84. The van der Waals surface area contributed by atoms with E-state index in [4.69, 9.17) is 5.26 Å². The summed E-state index contributed by atoms with van der Waals surface area (Å²) in [6.45, 7) is 5.07. The van der Waals surface area contributed by atoms with Crippen LogP contribution in [0.3, 0.4) is 0 Å². The molecular weight excluding hydrogens is 108 g/mol. The van der Waals surface area contributed by atoms with Crippen LogP contribution in [0.2, 0.25) is 0 Å². The summed E-state index contributed by atoms with van der Waals surface area (Å²) >= 11 is 0. The summed E-state index contributed by atoms with van der Waals surface area (Å²) < 4.78 is 4.62. The standard InChI is InChI=1S/C5H10O3/c1-4(7-3)5(2)8-6/h5-6H,1H2,2-3H3. The first-order chi connectivity index (χ1) is 3.72. The molecule has 48 valence electrons. The van der Waals surface area contributed by atoms with Gasteiger partial charge in [0.15, 0.2) is 0 Å². The summed E-state index contributed by atoms with van der Waals surface area (Å²) in [6, 6.07) is 0. The van der Waals surface area contributed by atoms with Crippen LogP contribution in [0.1, 0.15) is 6.92 Å². The number of methoxy groups -OCH3 is 1. The van der Waals surface area contributed by atoms with Crippen molar-refractivity contribution >= 4 is 0 Å². The highest BCUT2D eigenvalue weighted by Crippen LogP contribution is 2.00. The van der Waals surface area contributed by atoms with E-state index in [1.165, 1.54) is 7.11 Å². The first-order valence-electron chi connectivity index (χ1n) is 2.25. The smallest absolute Gasteiger partial charge is 0.146 e. The molecule has 0 aliphatic rings. The molecule has 0 radical (unpaired) electrons. The fourth-order valence-electron chi connectivity index (χ4n) is 0.225. The highest BCUT2D eigenvalue weighted by Gasteiger charge is 2.03. The van der Waals surface area contributed by atoms with Crippen LogP contribution < -0.4 is 0 Å². The molecule has 1 atom stereocenters. The first kappa shape index (κ1) is 7.46. The van der Waals surface area contributed by atoms with E-state index < -0.39 is 6.10 Å². The van der Waals surface area contributed by atoms with E-state index in [1.54, 1.807) is 6.92 Å². The van der Waals surface area contributed by atoms with Crippen LogP contribution in [-0.2, 0) is 9.62 Å². The molecule has 0 heterocycles. The van der Waals surface area contributed by atoms with Crippen LogP contribution in [-0.4, -0.2) is 18.5 Å². The van der Waals surface area contributed by atoms with Crippen molar-refractivity contribution in [3.63, 3.8) is 0 Å². The van der Waals surface area contributed by atoms with Crippen molar-refractivity contribution < 1.29 is 14.9 Å². The van der Waals surface area contributed by atoms with Crippen LogP contribution in [0.4, 0.5) is 0 Å². The minimum Gasteiger partial charge on any atom is -0.499 e. The molecule has 3 nitrogen and oxygen atoms in total. The quantitative estimate of drug-likeness (QED) is 0.341. The summed E-state index contributed by atoms with van der Waals surface area (Å²) in [7, 11) is 1.47. The SMILES string of the molecule is C=C(OC)C(C)OO. The van der Waals surface area contributed by atoms with Gasteiger partial charge in [-0.25, -0.2) is 4.89 Å². The number of ether oxygens (including phenoxy) is 1. The Hall–Kier alpha value is -0.540. The van der Waals surface area contributed by atoms with Crippen LogP contribution in [0.5, 0.6) is 0 Å². The minimum absolute atomic E-state index is 0.410. The summed E-state index contributed by atoms with van der Waals surface area (Å²) in [5, 5.41) is 8.00. The maximum absolute atomic E-state index is 8.00. The molecule has 1 unspecified atom stereocenters. The second-order valence-electron chi connectivity index (χ2n) is 1.42. The lowest BCUT2D eigenvalue weighted by molar-refractivity contribution is -0.270. The molecular formula is C5H10O3. The Labute approximate surface area is 48.5 Å². The van der Waals surface area contributed by atoms with Crippen molar-refractivity contribution in [2.24, 2.45) is 0 Å². The lowest BCUT2D eigenvalue weighted by atomic mass is 10.4. The highest BCUT2D eigenvalue weighted by molar-refractivity contribution is 4.88. The van der Waals surface area contributed by atoms with Crippen LogP contribution in [0, 0.1) is 0 Å². The van der Waals surface area contributed by atoms with Crippen molar-refractivity contribution in [2.45, 2.75) is 13.0 Å². The maximum atomic E-state index is 8.00. The van der Waals surface area contributed by atoms with Gasteiger partial charge in [0, 0.05) is 0 Å². The summed E-state index contributed by atoms with van der Waals surface area (Å²) in [6.07, 6.45) is -0.444. The zero-order valence-corrected chi connectivity index (χ0v) is 5.05. The second-order valence-corrected chi connectivity index (χ2v) is 1.42. The molecule has 0 bridgehead atoms. The van der Waals surface area contributed by atoms with Gasteiger partial charge in [-0.15, -0.1) is 0 Å². The number of rotatable bonds is 3. The zero-order valence-electron chi connectivity index (χ0n) is 5.05. The fraction of sp³-hybridized carbons (Fsp3) is 0.600. The summed E-state index contributed by atoms with van der Waals surface area (Å²) in [4.78, 5) is 3.88. The molecule has 3 heteroatoms. The van der Waals surface area contributed by atoms with Crippen molar-refractivity contribution in [3.05, 3.63) is 12.3 Å². The summed E-state index contributed by atoms with van der Waals surface area (Å²) in [5.41, 5.74) is 0. The van der Waals surface area contributed by atoms with E-state index in [-0.39, 0.29) is 0 Å². The molecule has 0 aromatic rings. The first-order valence-corrected chi connectivity index (χ1v) is 2.25.